The van der Waals surface area contributed by atoms with Gasteiger partial charge in [0.1, 0.15) is 24.0 Å². The fourth-order valence-electron chi connectivity index (χ4n) is 7.14. The molecule has 0 saturated carbocycles. The normalized spacial score (nSPS) is 16.9. The van der Waals surface area contributed by atoms with E-state index in [1.165, 1.54) is 0 Å². The minimum Gasteiger partial charge on any atom is -0.490 e. The van der Waals surface area contributed by atoms with Gasteiger partial charge < -0.3 is 41.2 Å². The van der Waals surface area contributed by atoms with E-state index >= 15 is 0 Å². The number of aliphatic hydroxyl groups is 1. The van der Waals surface area contributed by atoms with Crippen LogP contribution in [0.1, 0.15) is 116 Å². The van der Waals surface area contributed by atoms with Crippen LogP contribution in [0.4, 0.5) is 4.79 Å². The molecule has 61 heavy (non-hydrogen) atoms. The van der Waals surface area contributed by atoms with E-state index in [2.05, 4.69) is 20.9 Å². The van der Waals surface area contributed by atoms with E-state index in [9.17, 15) is 29.1 Å². The van der Waals surface area contributed by atoms with Gasteiger partial charge >= 0.3 is 6.09 Å². The number of β-amino-alcohol motifs (C(OH)–C–C–N with tert-alkyl or cyclic N) is 1. The van der Waals surface area contributed by atoms with E-state index in [4.69, 9.17) is 26.8 Å². The molecule has 0 aliphatic carbocycles. The molecule has 2 heterocycles. The molecule has 1 fully saturated rings. The third-order valence-electron chi connectivity index (χ3n) is 10.4. The zero-order chi connectivity index (χ0) is 45.1. The molecular formula is C45H63ClN6O8S. The highest BCUT2D eigenvalue weighted by atomic mass is 35.5. The summed E-state index contributed by atoms with van der Waals surface area (Å²) in [7, 11) is 0. The number of aromatic nitrogens is 1. The molecule has 0 unspecified atom stereocenters. The average molecular weight is 884 g/mol. The number of hydrogen-bond donors (Lipinski definition) is 5. The van der Waals surface area contributed by atoms with Crippen molar-refractivity contribution in [1.82, 2.24) is 25.8 Å². The lowest BCUT2D eigenvalue weighted by atomic mass is 9.85. The minimum atomic E-state index is -0.879. The van der Waals surface area contributed by atoms with Gasteiger partial charge in [-0.15, -0.1) is 11.3 Å². The number of hydrogen-bond acceptors (Lipinski definition) is 10. The molecule has 14 nitrogen and oxygen atoms in total. The van der Waals surface area contributed by atoms with Crippen molar-refractivity contribution in [2.24, 2.45) is 11.1 Å². The lowest BCUT2D eigenvalue weighted by molar-refractivity contribution is -0.141. The summed E-state index contributed by atoms with van der Waals surface area (Å²) < 4.78 is 11.3. The molecule has 0 spiro atoms. The van der Waals surface area contributed by atoms with Crippen LogP contribution in [-0.2, 0) is 30.3 Å². The number of carbonyl (C=O) groups is 5. The topological polar surface area (TPSA) is 202 Å². The van der Waals surface area contributed by atoms with Crippen molar-refractivity contribution in [3.8, 4) is 16.2 Å². The Kier molecular flexibility index (Phi) is 17.5. The highest BCUT2D eigenvalue weighted by Crippen LogP contribution is 2.32. The van der Waals surface area contributed by atoms with Crippen molar-refractivity contribution in [3.05, 3.63) is 69.8 Å². The van der Waals surface area contributed by atoms with E-state index < -0.39 is 47.2 Å². The van der Waals surface area contributed by atoms with Gasteiger partial charge in [-0.25, -0.2) is 9.78 Å². The molecule has 3 aromatic rings. The van der Waals surface area contributed by atoms with Crippen molar-refractivity contribution in [3.63, 3.8) is 0 Å². The lowest BCUT2D eigenvalue weighted by Gasteiger charge is -2.35. The lowest BCUT2D eigenvalue weighted by Crippen LogP contribution is -2.56. The molecule has 4 rings (SSSR count). The van der Waals surface area contributed by atoms with Crippen LogP contribution in [0.2, 0.25) is 5.02 Å². The quantitative estimate of drug-likeness (QED) is 0.0805. The van der Waals surface area contributed by atoms with Crippen LogP contribution in [0.25, 0.3) is 10.4 Å². The van der Waals surface area contributed by atoms with Crippen molar-refractivity contribution < 1.29 is 38.6 Å². The molecule has 6 N–H and O–H groups in total. The first-order chi connectivity index (χ1) is 28.6. The van der Waals surface area contributed by atoms with Crippen molar-refractivity contribution in [2.45, 2.75) is 143 Å². The number of halogens is 1. The minimum absolute atomic E-state index is 0.0176. The molecule has 1 saturated heterocycles. The van der Waals surface area contributed by atoms with Crippen LogP contribution in [-0.4, -0.2) is 87.7 Å². The molecular weight excluding hydrogens is 820 g/mol. The number of amides is 5. The maximum absolute atomic E-state index is 14.1. The van der Waals surface area contributed by atoms with E-state index in [1.807, 2.05) is 70.5 Å². The number of aryl methyl sites for hydroxylation is 2. The smallest absolute Gasteiger partial charge is 0.407 e. The Morgan fingerprint density at radius 1 is 0.984 bits per heavy atom. The Hall–Kier alpha value is -4.73. The number of benzene rings is 2. The fourth-order valence-corrected chi connectivity index (χ4v) is 8.23. The number of nitrogens with two attached hydrogens (primary N) is 1. The number of unbranched alkanes of at least 4 members (excludes halogenated alkanes) is 1. The van der Waals surface area contributed by atoms with Crippen molar-refractivity contribution >= 4 is 52.7 Å². The second-order valence-corrected chi connectivity index (χ2v) is 19.1. The van der Waals surface area contributed by atoms with Gasteiger partial charge in [0.05, 0.1) is 39.3 Å². The van der Waals surface area contributed by atoms with Gasteiger partial charge in [-0.05, 0) is 94.9 Å². The van der Waals surface area contributed by atoms with E-state index in [-0.39, 0.29) is 69.0 Å². The number of nitrogens with zero attached hydrogens (tertiary/aromatic N) is 2. The van der Waals surface area contributed by atoms with Gasteiger partial charge in [-0.3, -0.25) is 19.2 Å². The van der Waals surface area contributed by atoms with Crippen molar-refractivity contribution in [2.75, 3.05) is 13.2 Å². The van der Waals surface area contributed by atoms with Crippen LogP contribution in [0.5, 0.6) is 5.75 Å². The molecule has 0 radical (unpaired) electrons. The number of likely N-dealkylation sites (tertiary alicyclic amines) is 1. The molecule has 5 atom stereocenters. The predicted octanol–water partition coefficient (Wildman–Crippen LogP) is 6.78. The second-order valence-electron chi connectivity index (χ2n) is 17.9. The molecule has 1 aromatic heterocycles. The molecule has 2 aromatic carbocycles. The predicted molar refractivity (Wildman–Crippen MR) is 237 cm³/mol. The number of carbonyl (C=O) groups excluding carboxylic acids is 5. The number of nitrogens with one attached hydrogen (secondary N) is 3. The number of aliphatic hydroxyl groups excluding tert-OH is 1. The largest absolute Gasteiger partial charge is 0.490 e. The SMILES string of the molecule is Cc1ncsc1-c1ccc([C@H](C)NC(=O)C[C@@H]2C[C@@H](O)CN2C(=O)[C@@H](NC(=O)CCCCc2cccc(OC[C@H](CCC(N)=O)NC(=O)OC(C)(C)C)c2Cl)C(C)(C)C)cc1. The summed E-state index contributed by atoms with van der Waals surface area (Å²) in [5.41, 5.74) is 9.59. The van der Waals surface area contributed by atoms with Crippen LogP contribution < -0.4 is 26.4 Å². The number of ether oxygens (including phenoxy) is 2. The van der Waals surface area contributed by atoms with E-state index in [0.29, 0.717) is 30.0 Å². The number of alkyl carbamates (subject to hydrolysis) is 1. The van der Waals surface area contributed by atoms with Gasteiger partial charge in [-0.1, -0.05) is 68.8 Å². The van der Waals surface area contributed by atoms with E-state index in [0.717, 1.165) is 27.3 Å². The Morgan fingerprint density at radius 2 is 1.69 bits per heavy atom. The third-order valence-corrected chi connectivity index (χ3v) is 11.8. The van der Waals surface area contributed by atoms with Crippen molar-refractivity contribution in [1.29, 1.82) is 0 Å². The van der Waals surface area contributed by atoms with Crippen LogP contribution >= 0.6 is 22.9 Å². The molecule has 16 heteroatoms. The van der Waals surface area contributed by atoms with Gasteiger partial charge in [0.15, 0.2) is 0 Å². The zero-order valence-corrected chi connectivity index (χ0v) is 38.2. The summed E-state index contributed by atoms with van der Waals surface area (Å²) in [4.78, 5) is 71.6. The third kappa shape index (κ3) is 15.3. The average Bonchev–Trinajstić information content (AvgIpc) is 3.76. The standard InChI is InChI=1S/C45H63ClN6O8S/c1-27(29-16-18-31(19-17-29)40-28(2)48-26-61-40)49-38(56)23-33-22-34(53)24-52(33)42(57)41(44(3,4)5)51-37(55)15-10-9-12-30-13-11-14-35(39(30)46)59-25-32(20-21-36(47)54)50-43(58)60-45(6,7)8/h11,13-14,16-19,26-27,32-34,41,53H,9-10,12,15,20-25H2,1-8H3,(H2,47,54)(H,49,56)(H,50,58)(H,51,55)/t27-,32-,33-,34+,41+/m0/s1. The monoisotopic (exact) mass is 882 g/mol. The zero-order valence-electron chi connectivity index (χ0n) is 36.6. The molecule has 5 amide bonds. The van der Waals surface area contributed by atoms with Gasteiger partial charge in [0, 0.05) is 31.8 Å². The summed E-state index contributed by atoms with van der Waals surface area (Å²) in [6.07, 6.45) is 1.00. The van der Waals surface area contributed by atoms with Crippen LogP contribution in [0.15, 0.2) is 48.0 Å². The number of thiazole rings is 1. The summed E-state index contributed by atoms with van der Waals surface area (Å²) in [6, 6.07) is 11.1. The maximum Gasteiger partial charge on any atom is 0.407 e. The Labute approximate surface area is 368 Å². The molecule has 1 aliphatic heterocycles. The Bertz CT molecular complexity index is 1980. The van der Waals surface area contributed by atoms with Gasteiger partial charge in [0.25, 0.3) is 0 Å². The Morgan fingerprint density at radius 3 is 2.31 bits per heavy atom. The Balaban J connectivity index is 1.28. The summed E-state index contributed by atoms with van der Waals surface area (Å²) in [5.74, 6) is -0.952. The first-order valence-electron chi connectivity index (χ1n) is 20.9. The maximum atomic E-state index is 14.1. The first kappa shape index (κ1) is 48.9. The highest BCUT2D eigenvalue weighted by Gasteiger charge is 2.42. The van der Waals surface area contributed by atoms with E-state index in [1.54, 1.807) is 49.1 Å². The number of rotatable bonds is 19. The molecule has 334 valence electrons. The molecule has 0 bridgehead atoms. The highest BCUT2D eigenvalue weighted by molar-refractivity contribution is 7.13. The van der Waals surface area contributed by atoms with Crippen LogP contribution in [0.3, 0.4) is 0 Å². The fraction of sp³-hybridized carbons (Fsp3) is 0.556. The van der Waals surface area contributed by atoms with Gasteiger partial charge in [0.2, 0.25) is 23.6 Å². The summed E-state index contributed by atoms with van der Waals surface area (Å²) in [5, 5.41) is 19.8. The van der Waals surface area contributed by atoms with Crippen LogP contribution in [0, 0.1) is 12.3 Å². The number of primary amides is 1. The summed E-state index contributed by atoms with van der Waals surface area (Å²) >= 11 is 8.31. The first-order valence-corrected chi connectivity index (χ1v) is 22.1. The summed E-state index contributed by atoms with van der Waals surface area (Å²) in [6.45, 7) is 14.8. The molecule has 1 aliphatic rings. The second kappa shape index (κ2) is 21.9. The van der Waals surface area contributed by atoms with Gasteiger partial charge in [-0.2, -0.15) is 0 Å².